The van der Waals surface area contributed by atoms with Crippen LogP contribution in [0.2, 0.25) is 0 Å². The van der Waals surface area contributed by atoms with Crippen LogP contribution in [0.3, 0.4) is 0 Å². The molecule has 0 atom stereocenters. The van der Waals surface area contributed by atoms with Crippen LogP contribution in [0, 0.1) is 0 Å². The van der Waals surface area contributed by atoms with Crippen molar-refractivity contribution in [2.24, 2.45) is 0 Å². The Morgan fingerprint density at radius 2 is 1.67 bits per heavy atom. The number of hydrogen-bond acceptors (Lipinski definition) is 5. The molecule has 0 amide bonds. The van der Waals surface area contributed by atoms with Gasteiger partial charge in [-0.05, 0) is 24.1 Å². The number of aromatic nitrogens is 1. The average molecular weight is 367 g/mol. The summed E-state index contributed by atoms with van der Waals surface area (Å²) in [4.78, 5) is 28.2. The Hall–Kier alpha value is -3.28. The third-order valence-electron chi connectivity index (χ3n) is 4.45. The third kappa shape index (κ3) is 3.51. The van der Waals surface area contributed by atoms with Crippen molar-refractivity contribution >= 4 is 22.7 Å². The lowest BCUT2D eigenvalue weighted by molar-refractivity contribution is 0.0468. The fraction of sp³-hybridized carbons (Fsp3) is 0.238. The van der Waals surface area contributed by atoms with Gasteiger partial charge >= 0.3 is 5.97 Å². The Balaban J connectivity index is 1.80. The standard InChI is InChI=1S/C21H21NO5/c1-4-13-7-5-8-14-15(11-22-20(13)14)16(23)12-27-21(24)19-17(25-2)9-6-10-18(19)26-3/h5-11,22H,4,12H2,1-3H3. The van der Waals surface area contributed by atoms with Crippen molar-refractivity contribution in [2.45, 2.75) is 13.3 Å². The van der Waals surface area contributed by atoms with Crippen LogP contribution in [0.25, 0.3) is 10.9 Å². The average Bonchev–Trinajstić information content (AvgIpc) is 3.15. The molecule has 0 aliphatic rings. The largest absolute Gasteiger partial charge is 0.496 e. The van der Waals surface area contributed by atoms with E-state index in [-0.39, 0.29) is 18.0 Å². The van der Waals surface area contributed by atoms with Gasteiger partial charge in [-0.2, -0.15) is 0 Å². The van der Waals surface area contributed by atoms with Crippen molar-refractivity contribution < 1.29 is 23.8 Å². The second-order valence-electron chi connectivity index (χ2n) is 5.93. The van der Waals surface area contributed by atoms with E-state index in [1.165, 1.54) is 14.2 Å². The molecule has 3 aromatic rings. The minimum atomic E-state index is -0.674. The molecule has 27 heavy (non-hydrogen) atoms. The topological polar surface area (TPSA) is 77.6 Å². The molecule has 3 rings (SSSR count). The number of carbonyl (C=O) groups is 2. The minimum absolute atomic E-state index is 0.155. The molecule has 140 valence electrons. The van der Waals surface area contributed by atoms with Crippen LogP contribution in [0.4, 0.5) is 0 Å². The molecule has 0 saturated heterocycles. The number of para-hydroxylation sites is 1. The fourth-order valence-corrected chi connectivity index (χ4v) is 3.08. The number of H-pyrrole nitrogens is 1. The van der Waals surface area contributed by atoms with Gasteiger partial charge in [0.25, 0.3) is 0 Å². The van der Waals surface area contributed by atoms with E-state index in [0.29, 0.717) is 17.1 Å². The number of nitrogens with one attached hydrogen (secondary N) is 1. The number of esters is 1. The zero-order valence-electron chi connectivity index (χ0n) is 15.5. The molecule has 1 heterocycles. The Labute approximate surface area is 157 Å². The predicted molar refractivity (Wildman–Crippen MR) is 102 cm³/mol. The van der Waals surface area contributed by atoms with E-state index in [9.17, 15) is 9.59 Å². The van der Waals surface area contributed by atoms with Gasteiger partial charge in [0.05, 0.1) is 14.2 Å². The van der Waals surface area contributed by atoms with Gasteiger partial charge in [-0.25, -0.2) is 4.79 Å². The van der Waals surface area contributed by atoms with Gasteiger partial charge in [-0.3, -0.25) is 4.79 Å². The summed E-state index contributed by atoms with van der Waals surface area (Å²) in [6.07, 6.45) is 2.51. The number of fused-ring (bicyclic) bond motifs is 1. The number of Topliss-reactive ketones (excluding diaryl/α,β-unsaturated/α-hetero) is 1. The highest BCUT2D eigenvalue weighted by Crippen LogP contribution is 2.29. The highest BCUT2D eigenvalue weighted by Gasteiger charge is 2.22. The molecule has 0 fully saturated rings. The first-order valence-corrected chi connectivity index (χ1v) is 8.61. The number of hydrogen-bond donors (Lipinski definition) is 1. The van der Waals surface area contributed by atoms with E-state index in [4.69, 9.17) is 14.2 Å². The third-order valence-corrected chi connectivity index (χ3v) is 4.45. The zero-order valence-corrected chi connectivity index (χ0v) is 15.5. The van der Waals surface area contributed by atoms with Crippen molar-refractivity contribution in [3.63, 3.8) is 0 Å². The Morgan fingerprint density at radius 3 is 2.30 bits per heavy atom. The van der Waals surface area contributed by atoms with E-state index in [0.717, 1.165) is 22.9 Å². The highest BCUT2D eigenvalue weighted by molar-refractivity contribution is 6.10. The van der Waals surface area contributed by atoms with Crippen molar-refractivity contribution in [1.82, 2.24) is 4.98 Å². The van der Waals surface area contributed by atoms with E-state index in [1.807, 2.05) is 18.2 Å². The lowest BCUT2D eigenvalue weighted by atomic mass is 10.1. The lowest BCUT2D eigenvalue weighted by Gasteiger charge is -2.12. The van der Waals surface area contributed by atoms with Crippen molar-refractivity contribution in [2.75, 3.05) is 20.8 Å². The number of aromatic amines is 1. The van der Waals surface area contributed by atoms with Gasteiger partial charge in [0.2, 0.25) is 5.78 Å². The smallest absolute Gasteiger partial charge is 0.346 e. The first-order valence-electron chi connectivity index (χ1n) is 8.61. The molecule has 0 unspecified atom stereocenters. The molecule has 0 spiro atoms. The molecule has 0 radical (unpaired) electrons. The molecule has 6 heteroatoms. The summed E-state index contributed by atoms with van der Waals surface area (Å²) < 4.78 is 15.6. The zero-order chi connectivity index (χ0) is 19.4. The molecular weight excluding hydrogens is 346 g/mol. The Bertz CT molecular complexity index is 967. The van der Waals surface area contributed by atoms with Gasteiger partial charge in [0.1, 0.15) is 17.1 Å². The summed E-state index contributed by atoms with van der Waals surface area (Å²) in [7, 11) is 2.90. The van der Waals surface area contributed by atoms with Crippen molar-refractivity contribution in [3.05, 3.63) is 59.3 Å². The monoisotopic (exact) mass is 367 g/mol. The van der Waals surface area contributed by atoms with Crippen LogP contribution < -0.4 is 9.47 Å². The summed E-state index contributed by atoms with van der Waals surface area (Å²) >= 11 is 0. The van der Waals surface area contributed by atoms with E-state index in [1.54, 1.807) is 24.4 Å². The molecule has 6 nitrogen and oxygen atoms in total. The van der Waals surface area contributed by atoms with Gasteiger partial charge in [0, 0.05) is 22.7 Å². The minimum Gasteiger partial charge on any atom is -0.496 e. The normalized spacial score (nSPS) is 10.6. The van der Waals surface area contributed by atoms with E-state index < -0.39 is 5.97 Å². The number of aryl methyl sites for hydroxylation is 1. The van der Waals surface area contributed by atoms with Crippen molar-refractivity contribution in [3.8, 4) is 11.5 Å². The summed E-state index contributed by atoms with van der Waals surface area (Å²) in [5.41, 5.74) is 2.71. The quantitative estimate of drug-likeness (QED) is 0.508. The fourth-order valence-electron chi connectivity index (χ4n) is 3.08. The second kappa shape index (κ2) is 7.95. The second-order valence-corrected chi connectivity index (χ2v) is 5.93. The first-order chi connectivity index (χ1) is 13.1. The molecule has 1 N–H and O–H groups in total. The molecule has 0 aliphatic carbocycles. The predicted octanol–water partition coefficient (Wildman–Crippen LogP) is 3.79. The van der Waals surface area contributed by atoms with Crippen LogP contribution >= 0.6 is 0 Å². The Morgan fingerprint density at radius 1 is 1.00 bits per heavy atom. The van der Waals surface area contributed by atoms with Crippen LogP contribution in [-0.4, -0.2) is 37.6 Å². The number of methoxy groups -OCH3 is 2. The number of ether oxygens (including phenoxy) is 3. The maximum Gasteiger partial charge on any atom is 0.346 e. The van der Waals surface area contributed by atoms with Gasteiger partial charge in [0.15, 0.2) is 6.61 Å². The van der Waals surface area contributed by atoms with Crippen LogP contribution in [0.15, 0.2) is 42.6 Å². The SMILES string of the molecule is CCc1cccc2c(C(=O)COC(=O)c3c(OC)cccc3OC)c[nH]c12. The lowest BCUT2D eigenvalue weighted by Crippen LogP contribution is -2.15. The molecule has 2 aromatic carbocycles. The molecular formula is C21H21NO5. The molecule has 0 aliphatic heterocycles. The molecule has 0 saturated carbocycles. The summed E-state index contributed by atoms with van der Waals surface area (Å²) in [6, 6.07) is 10.8. The highest BCUT2D eigenvalue weighted by atomic mass is 16.5. The molecule has 0 bridgehead atoms. The molecule has 1 aromatic heterocycles. The number of rotatable bonds is 7. The maximum absolute atomic E-state index is 12.6. The van der Waals surface area contributed by atoms with Crippen molar-refractivity contribution in [1.29, 1.82) is 0 Å². The van der Waals surface area contributed by atoms with E-state index >= 15 is 0 Å². The van der Waals surface area contributed by atoms with Crippen LogP contribution in [0.1, 0.15) is 33.2 Å². The maximum atomic E-state index is 12.6. The number of benzene rings is 2. The summed E-state index contributed by atoms with van der Waals surface area (Å²) in [5, 5.41) is 0.824. The van der Waals surface area contributed by atoms with Gasteiger partial charge in [-0.1, -0.05) is 31.2 Å². The first kappa shape index (κ1) is 18.5. The number of carbonyl (C=O) groups excluding carboxylic acids is 2. The number of ketones is 1. The Kier molecular flexibility index (Phi) is 5.45. The van der Waals surface area contributed by atoms with E-state index in [2.05, 4.69) is 11.9 Å². The van der Waals surface area contributed by atoms with Gasteiger partial charge < -0.3 is 19.2 Å². The summed E-state index contributed by atoms with van der Waals surface area (Å²) in [6.45, 7) is 1.68. The van der Waals surface area contributed by atoms with Crippen LogP contribution in [0.5, 0.6) is 11.5 Å². The summed E-state index contributed by atoms with van der Waals surface area (Å²) in [5.74, 6) is -0.304. The van der Waals surface area contributed by atoms with Gasteiger partial charge in [-0.15, -0.1) is 0 Å². The van der Waals surface area contributed by atoms with Crippen LogP contribution in [-0.2, 0) is 11.2 Å².